The summed E-state index contributed by atoms with van der Waals surface area (Å²) in [5.41, 5.74) is 8.19. The largest absolute Gasteiger partial charge is 0.492 e. The molecular weight excluding hydrogens is 330 g/mol. The Labute approximate surface area is 151 Å². The molecule has 1 aromatic rings. The summed E-state index contributed by atoms with van der Waals surface area (Å²) in [5.74, 6) is 0.826. The quantitative estimate of drug-likeness (QED) is 0.843. The predicted octanol–water partition coefficient (Wildman–Crippen LogP) is 2.17. The summed E-state index contributed by atoms with van der Waals surface area (Å²) >= 11 is 0. The van der Waals surface area contributed by atoms with Crippen molar-refractivity contribution in [2.75, 3.05) is 26.4 Å². The van der Waals surface area contributed by atoms with Gasteiger partial charge in [-0.15, -0.1) is 0 Å². The molecule has 6 heteroatoms. The summed E-state index contributed by atoms with van der Waals surface area (Å²) < 4.78 is 17.2. The van der Waals surface area contributed by atoms with Crippen molar-refractivity contribution >= 4 is 17.8 Å². The molecule has 0 aliphatic carbocycles. The third kappa shape index (κ3) is 2.08. The molecule has 0 radical (unpaired) electrons. The van der Waals surface area contributed by atoms with Crippen molar-refractivity contribution in [2.24, 2.45) is 21.1 Å². The van der Waals surface area contributed by atoms with Crippen molar-refractivity contribution < 1.29 is 14.2 Å². The van der Waals surface area contributed by atoms with Crippen LogP contribution < -0.4 is 10.5 Å². The molecule has 6 nitrogen and oxygen atoms in total. The van der Waals surface area contributed by atoms with Gasteiger partial charge < -0.3 is 19.9 Å². The summed E-state index contributed by atoms with van der Waals surface area (Å²) in [6, 6.07) is 6.39. The molecule has 0 amide bonds. The molecule has 4 aliphatic rings. The van der Waals surface area contributed by atoms with E-state index in [9.17, 15) is 0 Å². The number of ether oxygens (including phenoxy) is 3. The van der Waals surface area contributed by atoms with E-state index in [1.165, 1.54) is 0 Å². The van der Waals surface area contributed by atoms with Crippen molar-refractivity contribution in [3.63, 3.8) is 0 Å². The summed E-state index contributed by atoms with van der Waals surface area (Å²) in [6.45, 7) is 2.15. The Balaban J connectivity index is 1.65. The highest BCUT2D eigenvalue weighted by molar-refractivity contribution is 6.10. The highest BCUT2D eigenvalue weighted by Gasteiger charge is 2.63. The van der Waals surface area contributed by atoms with E-state index < -0.39 is 5.54 Å². The maximum absolute atomic E-state index is 6.07. The Bertz CT molecular complexity index is 909. The van der Waals surface area contributed by atoms with Gasteiger partial charge in [0.25, 0.3) is 6.02 Å². The Hall–Kier alpha value is -2.86. The summed E-state index contributed by atoms with van der Waals surface area (Å²) in [6.07, 6.45) is 11.5. The lowest BCUT2D eigenvalue weighted by Gasteiger charge is -2.53. The lowest BCUT2D eigenvalue weighted by Crippen LogP contribution is -2.63. The first-order valence-corrected chi connectivity index (χ1v) is 8.63. The second kappa shape index (κ2) is 5.57. The fraction of sp³-hybridized carbons (Fsp3) is 0.300. The molecule has 0 bridgehead atoms. The van der Waals surface area contributed by atoms with Crippen LogP contribution >= 0.6 is 0 Å². The average Bonchev–Trinajstić information content (AvgIpc) is 2.96. The summed E-state index contributed by atoms with van der Waals surface area (Å²) in [4.78, 5) is 9.06. The standard InChI is InChI=1S/C20H19N3O3/c21-18-23-20(13-26-18)16-8-14(15-4-2-1-3-7-22-9-15)5-6-17(16)25-12-19(20)10-24-11-19/h1-9H,10-13H2,(H2,21,23)/b2-1+,3-1?,4-2?,7-3+,15-4+,15-9?,22-7?,22-9-. The number of aliphatic imine (C=N–C) groups is 2. The molecular formula is C20H19N3O3. The van der Waals surface area contributed by atoms with E-state index in [-0.39, 0.29) is 11.4 Å². The number of fused-ring (bicyclic) bond motifs is 3. The van der Waals surface area contributed by atoms with Crippen LogP contribution in [-0.4, -0.2) is 38.7 Å². The molecule has 1 saturated heterocycles. The van der Waals surface area contributed by atoms with Crippen LogP contribution in [0, 0.1) is 5.41 Å². The lowest BCUT2D eigenvalue weighted by molar-refractivity contribution is -0.185. The smallest absolute Gasteiger partial charge is 0.283 e. The number of allylic oxidation sites excluding steroid dienone is 5. The third-order valence-corrected chi connectivity index (χ3v) is 5.51. The van der Waals surface area contributed by atoms with Gasteiger partial charge in [0.2, 0.25) is 0 Å². The molecule has 5 rings (SSSR count). The Morgan fingerprint density at radius 1 is 1.00 bits per heavy atom. The van der Waals surface area contributed by atoms with Crippen molar-refractivity contribution in [1.29, 1.82) is 0 Å². The van der Waals surface area contributed by atoms with Gasteiger partial charge in [-0.3, -0.25) is 4.99 Å². The van der Waals surface area contributed by atoms with Crippen LogP contribution in [0.25, 0.3) is 5.57 Å². The van der Waals surface area contributed by atoms with Crippen LogP contribution in [0.2, 0.25) is 0 Å². The second-order valence-corrected chi connectivity index (χ2v) is 7.00. The highest BCUT2D eigenvalue weighted by atomic mass is 16.5. The first kappa shape index (κ1) is 15.4. The van der Waals surface area contributed by atoms with Gasteiger partial charge in [-0.1, -0.05) is 24.3 Å². The molecule has 2 spiro atoms. The van der Waals surface area contributed by atoms with Gasteiger partial charge >= 0.3 is 0 Å². The van der Waals surface area contributed by atoms with Crippen molar-refractivity contribution in [3.8, 4) is 5.75 Å². The SMILES string of the molecule is NC1=NC2(CO1)c1cc(C3=C/C=C/C=C/N=C\3)ccc1OCC21COC1. The zero-order valence-electron chi connectivity index (χ0n) is 14.2. The van der Waals surface area contributed by atoms with E-state index in [2.05, 4.69) is 11.1 Å². The summed E-state index contributed by atoms with van der Waals surface area (Å²) in [5, 5.41) is 0. The van der Waals surface area contributed by atoms with Crippen molar-refractivity contribution in [1.82, 2.24) is 0 Å². The number of benzene rings is 1. The zero-order valence-corrected chi connectivity index (χ0v) is 14.2. The van der Waals surface area contributed by atoms with Crippen LogP contribution in [0.4, 0.5) is 0 Å². The highest BCUT2D eigenvalue weighted by Crippen LogP contribution is 2.56. The molecule has 2 N–H and O–H groups in total. The van der Waals surface area contributed by atoms with Gasteiger partial charge in [0.05, 0.1) is 18.6 Å². The Morgan fingerprint density at radius 2 is 1.92 bits per heavy atom. The minimum Gasteiger partial charge on any atom is -0.492 e. The van der Waals surface area contributed by atoms with Crippen LogP contribution in [0.15, 0.2) is 58.7 Å². The van der Waals surface area contributed by atoms with E-state index >= 15 is 0 Å². The van der Waals surface area contributed by atoms with Crippen molar-refractivity contribution in [2.45, 2.75) is 5.54 Å². The fourth-order valence-corrected chi connectivity index (χ4v) is 3.95. The second-order valence-electron chi connectivity index (χ2n) is 7.00. The van der Waals surface area contributed by atoms with E-state index in [0.29, 0.717) is 26.4 Å². The Morgan fingerprint density at radius 3 is 2.69 bits per heavy atom. The molecule has 1 aromatic carbocycles. The molecule has 1 fully saturated rings. The molecule has 1 atom stereocenters. The van der Waals surface area contributed by atoms with E-state index in [0.717, 1.165) is 22.4 Å². The zero-order chi connectivity index (χ0) is 17.6. The molecule has 0 aromatic heterocycles. The third-order valence-electron chi connectivity index (χ3n) is 5.51. The Kier molecular flexibility index (Phi) is 3.30. The van der Waals surface area contributed by atoms with Gasteiger partial charge in [0.1, 0.15) is 24.5 Å². The minimum absolute atomic E-state index is 0.230. The average molecular weight is 349 g/mol. The number of amidine groups is 1. The molecule has 0 saturated carbocycles. The molecule has 132 valence electrons. The predicted molar refractivity (Wildman–Crippen MR) is 99.2 cm³/mol. The molecule has 26 heavy (non-hydrogen) atoms. The van der Waals surface area contributed by atoms with Crippen LogP contribution in [0.3, 0.4) is 0 Å². The number of hydrogen-bond acceptors (Lipinski definition) is 6. The number of hydrogen-bond donors (Lipinski definition) is 1. The summed E-state index contributed by atoms with van der Waals surface area (Å²) in [7, 11) is 0. The fourth-order valence-electron chi connectivity index (χ4n) is 3.95. The van der Waals surface area contributed by atoms with E-state index in [4.69, 9.17) is 24.9 Å². The van der Waals surface area contributed by atoms with Crippen LogP contribution in [0.5, 0.6) is 5.75 Å². The maximum atomic E-state index is 6.07. The normalized spacial score (nSPS) is 33.4. The first-order chi connectivity index (χ1) is 12.7. The number of nitrogens with zero attached hydrogens (tertiary/aromatic N) is 2. The number of rotatable bonds is 1. The minimum atomic E-state index is -0.562. The van der Waals surface area contributed by atoms with E-state index in [1.807, 2.05) is 42.7 Å². The van der Waals surface area contributed by atoms with Gasteiger partial charge in [-0.25, -0.2) is 4.99 Å². The van der Waals surface area contributed by atoms with Gasteiger partial charge in [-0.2, -0.15) is 0 Å². The van der Waals surface area contributed by atoms with Crippen molar-refractivity contribution in [3.05, 3.63) is 59.8 Å². The lowest BCUT2D eigenvalue weighted by atomic mass is 9.64. The molecule has 4 heterocycles. The first-order valence-electron chi connectivity index (χ1n) is 8.63. The molecule has 1 unspecified atom stereocenters. The monoisotopic (exact) mass is 349 g/mol. The topological polar surface area (TPSA) is 78.4 Å². The van der Waals surface area contributed by atoms with Gasteiger partial charge in [0.15, 0.2) is 0 Å². The van der Waals surface area contributed by atoms with Gasteiger partial charge in [0, 0.05) is 18.0 Å². The van der Waals surface area contributed by atoms with E-state index in [1.54, 1.807) is 6.20 Å². The number of nitrogens with two attached hydrogens (primary N) is 1. The maximum Gasteiger partial charge on any atom is 0.283 e. The van der Waals surface area contributed by atoms with Crippen LogP contribution in [0.1, 0.15) is 11.1 Å². The van der Waals surface area contributed by atoms with Gasteiger partial charge in [-0.05, 0) is 29.3 Å². The molecule has 4 aliphatic heterocycles. The van der Waals surface area contributed by atoms with Crippen LogP contribution in [-0.2, 0) is 15.0 Å².